The van der Waals surface area contributed by atoms with Crippen molar-refractivity contribution in [1.82, 2.24) is 10.2 Å². The number of rotatable bonds is 6. The van der Waals surface area contributed by atoms with Crippen molar-refractivity contribution in [3.63, 3.8) is 0 Å². The maximum absolute atomic E-state index is 5.96. The first-order valence-electron chi connectivity index (χ1n) is 8.50. The zero-order chi connectivity index (χ0) is 14.5. The quantitative estimate of drug-likeness (QED) is 0.818. The fourth-order valence-electron chi connectivity index (χ4n) is 3.62. The van der Waals surface area contributed by atoms with Crippen LogP contribution in [0.2, 0.25) is 0 Å². The Bertz CT molecular complexity index is 430. The maximum Gasteiger partial charge on any atom is 0.122 e. The molecule has 2 heterocycles. The lowest BCUT2D eigenvalue weighted by Crippen LogP contribution is -2.52. The van der Waals surface area contributed by atoms with Crippen molar-refractivity contribution in [2.45, 2.75) is 64.3 Å². The minimum Gasteiger partial charge on any atom is -0.468 e. The minimum atomic E-state index is 0.448. The summed E-state index contributed by atoms with van der Waals surface area (Å²) in [5, 5.41) is 3.47. The van der Waals surface area contributed by atoms with Crippen molar-refractivity contribution in [3.8, 4) is 0 Å². The van der Waals surface area contributed by atoms with Gasteiger partial charge in [0, 0.05) is 24.7 Å². The van der Waals surface area contributed by atoms with Crippen LogP contribution in [0.4, 0.5) is 0 Å². The topological polar surface area (TPSA) is 37.6 Å². The van der Waals surface area contributed by atoms with Gasteiger partial charge in [0.25, 0.3) is 0 Å². The van der Waals surface area contributed by atoms with Gasteiger partial charge in [0.15, 0.2) is 0 Å². The Balaban J connectivity index is 1.61. The van der Waals surface area contributed by atoms with E-state index in [1.807, 2.05) is 6.26 Å². The smallest absolute Gasteiger partial charge is 0.122 e. The summed E-state index contributed by atoms with van der Waals surface area (Å²) < 4.78 is 11.7. The summed E-state index contributed by atoms with van der Waals surface area (Å²) in [4.78, 5) is 2.58. The third kappa shape index (κ3) is 3.68. The molecule has 4 nitrogen and oxygen atoms in total. The number of hydrogen-bond donors (Lipinski definition) is 1. The lowest BCUT2D eigenvalue weighted by molar-refractivity contribution is -0.0927. The summed E-state index contributed by atoms with van der Waals surface area (Å²) in [6.45, 7) is 7.00. The van der Waals surface area contributed by atoms with E-state index in [4.69, 9.17) is 9.15 Å². The Morgan fingerprint density at radius 3 is 3.14 bits per heavy atom. The molecule has 1 aliphatic carbocycles. The second kappa shape index (κ2) is 7.43. The van der Waals surface area contributed by atoms with Gasteiger partial charge in [0.1, 0.15) is 5.76 Å². The van der Waals surface area contributed by atoms with Gasteiger partial charge in [-0.1, -0.05) is 19.8 Å². The van der Waals surface area contributed by atoms with Crippen LogP contribution in [0.15, 0.2) is 16.7 Å². The second-order valence-corrected chi connectivity index (χ2v) is 6.28. The van der Waals surface area contributed by atoms with Crippen LogP contribution in [0.3, 0.4) is 0 Å². The molecule has 0 amide bonds. The standard InChI is InChI=1S/C17H28N2O2/c1-2-8-18-12-14-7-10-20-17(14)13-19-9-11-21-16-6-4-3-5-15(16)19/h7,10,15-16,18H,2-6,8-9,11-13H2,1H3. The fraction of sp³-hybridized carbons (Fsp3) is 0.765. The molecule has 0 aromatic carbocycles. The van der Waals surface area contributed by atoms with Gasteiger partial charge in [-0.15, -0.1) is 0 Å². The van der Waals surface area contributed by atoms with Crippen LogP contribution in [0.1, 0.15) is 50.4 Å². The van der Waals surface area contributed by atoms with Crippen LogP contribution in [0.5, 0.6) is 0 Å². The molecule has 2 aliphatic rings. The molecule has 1 aromatic rings. The van der Waals surface area contributed by atoms with E-state index >= 15 is 0 Å². The number of morpholine rings is 1. The van der Waals surface area contributed by atoms with Gasteiger partial charge >= 0.3 is 0 Å². The fourth-order valence-corrected chi connectivity index (χ4v) is 3.62. The van der Waals surface area contributed by atoms with Crippen LogP contribution in [-0.2, 0) is 17.8 Å². The van der Waals surface area contributed by atoms with Crippen molar-refractivity contribution < 1.29 is 9.15 Å². The van der Waals surface area contributed by atoms with Crippen molar-refractivity contribution in [2.24, 2.45) is 0 Å². The number of nitrogens with zero attached hydrogens (tertiary/aromatic N) is 1. The monoisotopic (exact) mass is 292 g/mol. The molecule has 2 fully saturated rings. The molecule has 0 spiro atoms. The molecule has 1 aliphatic heterocycles. The highest BCUT2D eigenvalue weighted by atomic mass is 16.5. The molecule has 2 unspecified atom stereocenters. The third-order valence-electron chi connectivity index (χ3n) is 4.77. The third-order valence-corrected chi connectivity index (χ3v) is 4.77. The normalized spacial score (nSPS) is 26.7. The van der Waals surface area contributed by atoms with E-state index in [1.165, 1.54) is 37.7 Å². The molecule has 0 radical (unpaired) electrons. The zero-order valence-corrected chi connectivity index (χ0v) is 13.1. The van der Waals surface area contributed by atoms with Crippen LogP contribution in [0, 0.1) is 0 Å². The SMILES string of the molecule is CCCNCc1ccoc1CN1CCOC2CCCCC21. The first kappa shape index (κ1) is 15.1. The molecule has 4 heteroatoms. The molecular formula is C17H28N2O2. The van der Waals surface area contributed by atoms with Gasteiger partial charge in [0.05, 0.1) is 25.5 Å². The van der Waals surface area contributed by atoms with Crippen molar-refractivity contribution in [3.05, 3.63) is 23.7 Å². The maximum atomic E-state index is 5.96. The van der Waals surface area contributed by atoms with Crippen LogP contribution in [0.25, 0.3) is 0 Å². The Morgan fingerprint density at radius 1 is 1.33 bits per heavy atom. The molecule has 0 bridgehead atoms. The van der Waals surface area contributed by atoms with E-state index in [9.17, 15) is 0 Å². The van der Waals surface area contributed by atoms with E-state index in [-0.39, 0.29) is 0 Å². The van der Waals surface area contributed by atoms with Crippen LogP contribution >= 0.6 is 0 Å². The summed E-state index contributed by atoms with van der Waals surface area (Å²) in [5.41, 5.74) is 1.31. The first-order valence-corrected chi connectivity index (χ1v) is 8.50. The Kier molecular flexibility index (Phi) is 5.33. The van der Waals surface area contributed by atoms with Gasteiger partial charge in [-0.25, -0.2) is 0 Å². The van der Waals surface area contributed by atoms with E-state index in [1.54, 1.807) is 0 Å². The number of nitrogens with one attached hydrogen (secondary N) is 1. The summed E-state index contributed by atoms with van der Waals surface area (Å²) in [5.74, 6) is 1.13. The predicted octanol–water partition coefficient (Wildman–Crippen LogP) is 2.92. The largest absolute Gasteiger partial charge is 0.468 e. The molecule has 1 saturated carbocycles. The highest BCUT2D eigenvalue weighted by molar-refractivity contribution is 5.17. The highest BCUT2D eigenvalue weighted by Crippen LogP contribution is 2.30. The predicted molar refractivity (Wildman–Crippen MR) is 83.1 cm³/mol. The first-order chi connectivity index (χ1) is 10.4. The lowest BCUT2D eigenvalue weighted by atomic mass is 9.90. The number of furan rings is 1. The van der Waals surface area contributed by atoms with Gasteiger partial charge in [-0.2, -0.15) is 0 Å². The average Bonchev–Trinajstić information content (AvgIpc) is 2.95. The molecular weight excluding hydrogens is 264 g/mol. The average molecular weight is 292 g/mol. The Labute approximate surface area is 127 Å². The van der Waals surface area contributed by atoms with E-state index < -0.39 is 0 Å². The molecule has 3 rings (SSSR count). The van der Waals surface area contributed by atoms with E-state index in [0.29, 0.717) is 12.1 Å². The Morgan fingerprint density at radius 2 is 2.24 bits per heavy atom. The second-order valence-electron chi connectivity index (χ2n) is 6.28. The molecule has 2 atom stereocenters. The summed E-state index contributed by atoms with van der Waals surface area (Å²) in [6, 6.07) is 2.70. The molecule has 1 saturated heterocycles. The van der Waals surface area contributed by atoms with Gasteiger partial charge < -0.3 is 14.5 Å². The summed E-state index contributed by atoms with van der Waals surface area (Å²) in [7, 11) is 0. The zero-order valence-electron chi connectivity index (χ0n) is 13.1. The number of hydrogen-bond acceptors (Lipinski definition) is 4. The van der Waals surface area contributed by atoms with Crippen LogP contribution in [-0.4, -0.2) is 36.7 Å². The number of ether oxygens (including phenoxy) is 1. The molecule has 1 N–H and O–H groups in total. The van der Waals surface area contributed by atoms with Gasteiger partial charge in [0.2, 0.25) is 0 Å². The van der Waals surface area contributed by atoms with Gasteiger partial charge in [-0.3, -0.25) is 4.90 Å². The Hall–Kier alpha value is -0.840. The van der Waals surface area contributed by atoms with Gasteiger partial charge in [-0.05, 0) is 31.9 Å². The van der Waals surface area contributed by atoms with E-state index in [0.717, 1.165) is 38.5 Å². The molecule has 118 valence electrons. The van der Waals surface area contributed by atoms with Crippen molar-refractivity contribution in [2.75, 3.05) is 19.7 Å². The summed E-state index contributed by atoms with van der Waals surface area (Å²) >= 11 is 0. The van der Waals surface area contributed by atoms with E-state index in [2.05, 4.69) is 23.2 Å². The summed E-state index contributed by atoms with van der Waals surface area (Å²) in [6.07, 6.45) is 8.60. The highest BCUT2D eigenvalue weighted by Gasteiger charge is 2.34. The minimum absolute atomic E-state index is 0.448. The molecule has 21 heavy (non-hydrogen) atoms. The lowest BCUT2D eigenvalue weighted by Gasteiger charge is -2.43. The van der Waals surface area contributed by atoms with Crippen LogP contribution < -0.4 is 5.32 Å². The number of fused-ring (bicyclic) bond motifs is 1. The molecule has 1 aromatic heterocycles. The van der Waals surface area contributed by atoms with Crippen molar-refractivity contribution >= 4 is 0 Å². The van der Waals surface area contributed by atoms with Crippen molar-refractivity contribution in [1.29, 1.82) is 0 Å².